The van der Waals surface area contributed by atoms with Crippen LogP contribution < -0.4 is 10.6 Å². The fourth-order valence-corrected chi connectivity index (χ4v) is 4.27. The van der Waals surface area contributed by atoms with E-state index in [1.807, 2.05) is 30.3 Å². The van der Waals surface area contributed by atoms with Crippen molar-refractivity contribution >= 4 is 23.3 Å². The lowest BCUT2D eigenvalue weighted by Gasteiger charge is -2.44. The molecule has 2 aliphatic heterocycles. The highest BCUT2D eigenvalue weighted by Crippen LogP contribution is 2.47. The number of rotatable bonds is 2. The standard InChI is InChI=1S/C20H21ClN2O2/c1-25-20(24)13-6-4-12(5-7-13)18-15-3-2-10-22-19(15)16-11-14(21)8-9-17(16)23-18/h4-9,11,15,18-19,22-23H,2-3,10H2,1H3/t15-,18+,19+/m0/s1. The molecule has 1 fully saturated rings. The van der Waals surface area contributed by atoms with Gasteiger partial charge in [-0.1, -0.05) is 23.7 Å². The molecule has 4 nitrogen and oxygen atoms in total. The second kappa shape index (κ2) is 6.70. The molecule has 2 aromatic carbocycles. The normalized spacial score (nSPS) is 24.6. The van der Waals surface area contributed by atoms with Gasteiger partial charge in [-0.25, -0.2) is 4.79 Å². The summed E-state index contributed by atoms with van der Waals surface area (Å²) in [7, 11) is 1.40. The Kier molecular flexibility index (Phi) is 4.40. The van der Waals surface area contributed by atoms with Crippen molar-refractivity contribution in [2.45, 2.75) is 24.9 Å². The number of carbonyl (C=O) groups is 1. The van der Waals surface area contributed by atoms with E-state index in [0.717, 1.165) is 30.1 Å². The van der Waals surface area contributed by atoms with Gasteiger partial charge in [0.15, 0.2) is 0 Å². The minimum atomic E-state index is -0.305. The number of hydrogen-bond donors (Lipinski definition) is 2. The molecular formula is C20H21ClN2O2. The Morgan fingerprint density at radius 1 is 1.16 bits per heavy atom. The van der Waals surface area contributed by atoms with E-state index in [1.54, 1.807) is 0 Å². The summed E-state index contributed by atoms with van der Waals surface area (Å²) in [6.07, 6.45) is 2.32. The lowest BCUT2D eigenvalue weighted by Crippen LogP contribution is -2.42. The molecule has 25 heavy (non-hydrogen) atoms. The molecule has 130 valence electrons. The van der Waals surface area contributed by atoms with E-state index in [4.69, 9.17) is 16.3 Å². The average molecular weight is 357 g/mol. The summed E-state index contributed by atoms with van der Waals surface area (Å²) in [6.45, 7) is 1.03. The Morgan fingerprint density at radius 2 is 1.96 bits per heavy atom. The van der Waals surface area contributed by atoms with Gasteiger partial charge in [-0.15, -0.1) is 0 Å². The molecular weight excluding hydrogens is 336 g/mol. The summed E-state index contributed by atoms with van der Waals surface area (Å²) in [6, 6.07) is 14.3. The number of methoxy groups -OCH3 is 1. The first-order valence-corrected chi connectivity index (χ1v) is 9.03. The van der Waals surface area contributed by atoms with Gasteiger partial charge in [0.1, 0.15) is 0 Å². The SMILES string of the molecule is COC(=O)c1ccc([C@H]2Nc3ccc(Cl)cc3[C@@H]3NCCC[C@@H]23)cc1. The number of nitrogens with one attached hydrogen (secondary N) is 2. The Hall–Kier alpha value is -2.04. The highest BCUT2D eigenvalue weighted by Gasteiger charge is 2.38. The molecule has 1 saturated heterocycles. The Labute approximate surface area is 152 Å². The first kappa shape index (κ1) is 16.4. The van der Waals surface area contributed by atoms with E-state index >= 15 is 0 Å². The lowest BCUT2D eigenvalue weighted by molar-refractivity contribution is 0.0600. The molecule has 2 aliphatic rings. The average Bonchev–Trinajstić information content (AvgIpc) is 2.67. The smallest absolute Gasteiger partial charge is 0.337 e. The van der Waals surface area contributed by atoms with Crippen molar-refractivity contribution in [2.75, 3.05) is 19.0 Å². The topological polar surface area (TPSA) is 50.4 Å². The maximum Gasteiger partial charge on any atom is 0.337 e. The monoisotopic (exact) mass is 356 g/mol. The van der Waals surface area contributed by atoms with E-state index < -0.39 is 0 Å². The van der Waals surface area contributed by atoms with Gasteiger partial charge in [-0.05, 0) is 60.8 Å². The fraction of sp³-hybridized carbons (Fsp3) is 0.350. The van der Waals surface area contributed by atoms with Crippen LogP contribution in [0.4, 0.5) is 5.69 Å². The molecule has 0 saturated carbocycles. The molecule has 2 N–H and O–H groups in total. The van der Waals surface area contributed by atoms with Crippen LogP contribution in [0.15, 0.2) is 42.5 Å². The van der Waals surface area contributed by atoms with Gasteiger partial charge in [0, 0.05) is 22.7 Å². The van der Waals surface area contributed by atoms with Crippen LogP contribution in [0.25, 0.3) is 0 Å². The lowest BCUT2D eigenvalue weighted by atomic mass is 9.75. The van der Waals surface area contributed by atoms with Gasteiger partial charge in [-0.3, -0.25) is 0 Å². The second-order valence-electron chi connectivity index (χ2n) is 6.71. The van der Waals surface area contributed by atoms with Crippen LogP contribution in [0.2, 0.25) is 5.02 Å². The maximum absolute atomic E-state index is 11.7. The number of piperidine rings is 1. The fourth-order valence-electron chi connectivity index (χ4n) is 4.08. The summed E-state index contributed by atoms with van der Waals surface area (Å²) < 4.78 is 4.79. The summed E-state index contributed by atoms with van der Waals surface area (Å²) in [4.78, 5) is 11.7. The molecule has 5 heteroatoms. The highest BCUT2D eigenvalue weighted by molar-refractivity contribution is 6.30. The molecule has 0 aromatic heterocycles. The molecule has 0 unspecified atom stereocenters. The van der Waals surface area contributed by atoms with Crippen molar-refractivity contribution in [1.82, 2.24) is 5.32 Å². The van der Waals surface area contributed by atoms with Crippen molar-refractivity contribution in [3.63, 3.8) is 0 Å². The number of hydrogen-bond acceptors (Lipinski definition) is 4. The number of fused-ring (bicyclic) bond motifs is 3. The first-order valence-electron chi connectivity index (χ1n) is 8.65. The van der Waals surface area contributed by atoms with Gasteiger partial charge < -0.3 is 15.4 Å². The van der Waals surface area contributed by atoms with E-state index in [2.05, 4.69) is 22.8 Å². The highest BCUT2D eigenvalue weighted by atomic mass is 35.5. The van der Waals surface area contributed by atoms with Crippen LogP contribution in [0.5, 0.6) is 0 Å². The van der Waals surface area contributed by atoms with E-state index in [9.17, 15) is 4.79 Å². The maximum atomic E-state index is 11.7. The molecule has 3 atom stereocenters. The Bertz CT molecular complexity index is 791. The molecule has 4 rings (SSSR count). The molecule has 0 bridgehead atoms. The van der Waals surface area contributed by atoms with Gasteiger partial charge in [0.25, 0.3) is 0 Å². The zero-order valence-corrected chi connectivity index (χ0v) is 14.8. The van der Waals surface area contributed by atoms with Crippen molar-refractivity contribution < 1.29 is 9.53 Å². The molecule has 2 heterocycles. The summed E-state index contributed by atoms with van der Waals surface area (Å²) in [5, 5.41) is 8.13. The number of esters is 1. The Morgan fingerprint density at radius 3 is 2.72 bits per heavy atom. The van der Waals surface area contributed by atoms with Crippen molar-refractivity contribution in [2.24, 2.45) is 5.92 Å². The van der Waals surface area contributed by atoms with Gasteiger partial charge in [0.2, 0.25) is 0 Å². The van der Waals surface area contributed by atoms with Gasteiger partial charge >= 0.3 is 5.97 Å². The first-order chi connectivity index (χ1) is 12.2. The third-order valence-corrected chi connectivity index (χ3v) is 5.52. The predicted molar refractivity (Wildman–Crippen MR) is 99.1 cm³/mol. The zero-order chi connectivity index (χ0) is 17.4. The van der Waals surface area contributed by atoms with Gasteiger partial charge in [-0.2, -0.15) is 0 Å². The molecule has 0 aliphatic carbocycles. The largest absolute Gasteiger partial charge is 0.465 e. The van der Waals surface area contributed by atoms with Crippen LogP contribution in [0.3, 0.4) is 0 Å². The van der Waals surface area contributed by atoms with Crippen LogP contribution in [-0.4, -0.2) is 19.6 Å². The number of benzene rings is 2. The number of carbonyl (C=O) groups excluding carboxylic acids is 1. The van der Waals surface area contributed by atoms with Crippen LogP contribution in [0, 0.1) is 5.92 Å². The van der Waals surface area contributed by atoms with Crippen molar-refractivity contribution in [3.8, 4) is 0 Å². The minimum Gasteiger partial charge on any atom is -0.465 e. The number of ether oxygens (including phenoxy) is 1. The van der Waals surface area contributed by atoms with E-state index in [-0.39, 0.29) is 12.0 Å². The van der Waals surface area contributed by atoms with Crippen LogP contribution in [0.1, 0.15) is 46.4 Å². The summed E-state index contributed by atoms with van der Waals surface area (Å²) in [5.74, 6) is 0.143. The van der Waals surface area contributed by atoms with Crippen molar-refractivity contribution in [3.05, 3.63) is 64.2 Å². The number of halogens is 1. The molecule has 0 amide bonds. The third-order valence-electron chi connectivity index (χ3n) is 5.29. The Balaban J connectivity index is 1.69. The third kappa shape index (κ3) is 3.00. The summed E-state index contributed by atoms with van der Waals surface area (Å²) >= 11 is 6.22. The molecule has 0 radical (unpaired) electrons. The van der Waals surface area contributed by atoms with Crippen LogP contribution in [-0.2, 0) is 4.74 Å². The molecule has 2 aromatic rings. The summed E-state index contributed by atoms with van der Waals surface area (Å²) in [5.41, 5.74) is 4.14. The zero-order valence-electron chi connectivity index (χ0n) is 14.1. The van der Waals surface area contributed by atoms with E-state index in [1.165, 1.54) is 18.2 Å². The quantitative estimate of drug-likeness (QED) is 0.786. The second-order valence-corrected chi connectivity index (χ2v) is 7.14. The van der Waals surface area contributed by atoms with Crippen LogP contribution >= 0.6 is 11.6 Å². The molecule has 0 spiro atoms. The predicted octanol–water partition coefficient (Wildman–Crippen LogP) is 4.33. The number of anilines is 1. The van der Waals surface area contributed by atoms with E-state index in [0.29, 0.717) is 17.5 Å². The minimum absolute atomic E-state index is 0.207. The van der Waals surface area contributed by atoms with Crippen molar-refractivity contribution in [1.29, 1.82) is 0 Å². The van der Waals surface area contributed by atoms with Gasteiger partial charge in [0.05, 0.1) is 18.7 Å².